The van der Waals surface area contributed by atoms with Crippen molar-refractivity contribution in [2.45, 2.75) is 26.4 Å². The second kappa shape index (κ2) is 8.04. The first kappa shape index (κ1) is 15.8. The summed E-state index contributed by atoms with van der Waals surface area (Å²) in [4.78, 5) is 21.7. The van der Waals surface area contributed by atoms with Crippen LogP contribution in [0.2, 0.25) is 0 Å². The monoisotopic (exact) mass is 280 g/mol. The molecule has 0 saturated carbocycles. The summed E-state index contributed by atoms with van der Waals surface area (Å²) in [7, 11) is 0. The molecule has 0 aliphatic heterocycles. The highest BCUT2D eigenvalue weighted by Crippen LogP contribution is 2.13. The molecule has 1 rings (SSSR count). The first-order valence-corrected chi connectivity index (χ1v) is 6.44. The highest BCUT2D eigenvalue weighted by Gasteiger charge is 2.07. The topological polar surface area (TPSA) is 87.7 Å². The van der Waals surface area contributed by atoms with E-state index in [0.717, 1.165) is 11.3 Å². The number of hydrogen-bond acceptors (Lipinski definition) is 3. The Morgan fingerprint density at radius 3 is 2.75 bits per heavy atom. The number of carboxylic acids is 1. The van der Waals surface area contributed by atoms with E-state index in [-0.39, 0.29) is 19.1 Å². The highest BCUT2D eigenvalue weighted by molar-refractivity contribution is 5.74. The molecule has 20 heavy (non-hydrogen) atoms. The van der Waals surface area contributed by atoms with Gasteiger partial charge in [-0.05, 0) is 31.5 Å². The van der Waals surface area contributed by atoms with Gasteiger partial charge in [0.2, 0.25) is 0 Å². The van der Waals surface area contributed by atoms with E-state index in [4.69, 9.17) is 9.84 Å². The van der Waals surface area contributed by atoms with Gasteiger partial charge in [-0.3, -0.25) is 4.79 Å². The number of urea groups is 1. The van der Waals surface area contributed by atoms with E-state index < -0.39 is 12.0 Å². The van der Waals surface area contributed by atoms with Gasteiger partial charge in [-0.15, -0.1) is 0 Å². The van der Waals surface area contributed by atoms with E-state index in [1.54, 1.807) is 0 Å². The molecular formula is C14H20N2O4. The van der Waals surface area contributed by atoms with Crippen molar-refractivity contribution in [3.63, 3.8) is 0 Å². The summed E-state index contributed by atoms with van der Waals surface area (Å²) in [6.07, 6.45) is -0.273. The van der Waals surface area contributed by atoms with Gasteiger partial charge in [0, 0.05) is 6.54 Å². The van der Waals surface area contributed by atoms with Crippen LogP contribution in [0.15, 0.2) is 24.3 Å². The van der Waals surface area contributed by atoms with Crippen LogP contribution < -0.4 is 15.4 Å². The predicted octanol–water partition coefficient (Wildman–Crippen LogP) is 1.54. The van der Waals surface area contributed by atoms with Crippen molar-refractivity contribution in [3.8, 4) is 5.75 Å². The number of nitrogens with one attached hydrogen (secondary N) is 2. The Kier molecular flexibility index (Phi) is 6.36. The van der Waals surface area contributed by atoms with E-state index in [0.29, 0.717) is 6.54 Å². The number of carbonyl (C=O) groups is 2. The van der Waals surface area contributed by atoms with E-state index in [1.165, 1.54) is 0 Å². The Balaban J connectivity index is 2.24. The fourth-order valence-electron chi connectivity index (χ4n) is 1.54. The second-order valence-electron chi connectivity index (χ2n) is 4.53. The lowest BCUT2D eigenvalue weighted by Crippen LogP contribution is -2.41. The van der Waals surface area contributed by atoms with Crippen LogP contribution in [-0.2, 0) is 4.79 Å². The molecule has 0 bridgehead atoms. The molecule has 0 radical (unpaired) electrons. The first-order valence-electron chi connectivity index (χ1n) is 6.44. The number of aliphatic carboxylic acids is 1. The van der Waals surface area contributed by atoms with Crippen molar-refractivity contribution < 1.29 is 19.4 Å². The SMILES string of the molecule is Cc1cccc(OC(C)CNC(=O)NCCC(=O)O)c1. The Morgan fingerprint density at radius 1 is 1.35 bits per heavy atom. The molecule has 0 aromatic heterocycles. The summed E-state index contributed by atoms with van der Waals surface area (Å²) >= 11 is 0. The number of rotatable bonds is 7. The standard InChI is InChI=1S/C14H20N2O4/c1-10-4-3-5-12(8-10)20-11(2)9-16-14(19)15-7-6-13(17)18/h3-5,8,11H,6-7,9H2,1-2H3,(H,17,18)(H2,15,16,19). The van der Waals surface area contributed by atoms with Crippen LogP contribution in [0.25, 0.3) is 0 Å². The number of aryl methyl sites for hydroxylation is 1. The predicted molar refractivity (Wildman–Crippen MR) is 74.9 cm³/mol. The smallest absolute Gasteiger partial charge is 0.314 e. The average molecular weight is 280 g/mol. The van der Waals surface area contributed by atoms with Gasteiger partial charge < -0.3 is 20.5 Å². The van der Waals surface area contributed by atoms with E-state index in [1.807, 2.05) is 38.1 Å². The summed E-state index contributed by atoms with van der Waals surface area (Å²) in [6.45, 7) is 4.27. The summed E-state index contributed by atoms with van der Waals surface area (Å²) in [5.74, 6) is -0.188. The minimum atomic E-state index is -0.943. The number of ether oxygens (including phenoxy) is 1. The second-order valence-corrected chi connectivity index (χ2v) is 4.53. The zero-order valence-electron chi connectivity index (χ0n) is 11.7. The molecule has 1 atom stereocenters. The lowest BCUT2D eigenvalue weighted by atomic mass is 10.2. The van der Waals surface area contributed by atoms with Crippen molar-refractivity contribution in [2.24, 2.45) is 0 Å². The van der Waals surface area contributed by atoms with Gasteiger partial charge in [-0.25, -0.2) is 4.79 Å². The normalized spacial score (nSPS) is 11.5. The molecular weight excluding hydrogens is 260 g/mol. The van der Waals surface area contributed by atoms with Crippen LogP contribution >= 0.6 is 0 Å². The van der Waals surface area contributed by atoms with Crippen LogP contribution in [-0.4, -0.2) is 36.3 Å². The lowest BCUT2D eigenvalue weighted by Gasteiger charge is -2.16. The van der Waals surface area contributed by atoms with Crippen LogP contribution in [0.4, 0.5) is 4.79 Å². The maximum absolute atomic E-state index is 11.4. The fraction of sp³-hybridized carbons (Fsp3) is 0.429. The fourth-order valence-corrected chi connectivity index (χ4v) is 1.54. The quantitative estimate of drug-likeness (QED) is 0.707. The van der Waals surface area contributed by atoms with Crippen molar-refractivity contribution >= 4 is 12.0 Å². The summed E-state index contributed by atoms with van der Waals surface area (Å²) in [6, 6.07) is 7.26. The van der Waals surface area contributed by atoms with Gasteiger partial charge in [0.15, 0.2) is 0 Å². The van der Waals surface area contributed by atoms with E-state index >= 15 is 0 Å². The van der Waals surface area contributed by atoms with Crippen LogP contribution in [0.1, 0.15) is 18.9 Å². The number of amides is 2. The Labute approximate surface area is 118 Å². The van der Waals surface area contributed by atoms with Crippen LogP contribution in [0, 0.1) is 6.92 Å². The molecule has 2 amide bonds. The minimum Gasteiger partial charge on any atom is -0.489 e. The molecule has 0 aliphatic carbocycles. The van der Waals surface area contributed by atoms with Crippen molar-refractivity contribution in [1.29, 1.82) is 0 Å². The zero-order chi connectivity index (χ0) is 15.0. The van der Waals surface area contributed by atoms with Gasteiger partial charge in [0.1, 0.15) is 11.9 Å². The molecule has 0 fully saturated rings. The van der Waals surface area contributed by atoms with E-state index in [9.17, 15) is 9.59 Å². The summed E-state index contributed by atoms with van der Waals surface area (Å²) in [5.41, 5.74) is 1.11. The lowest BCUT2D eigenvalue weighted by molar-refractivity contribution is -0.136. The summed E-state index contributed by atoms with van der Waals surface area (Å²) < 4.78 is 5.65. The number of carboxylic acid groups (broad SMARTS) is 1. The molecule has 1 unspecified atom stereocenters. The molecule has 0 heterocycles. The highest BCUT2D eigenvalue weighted by atomic mass is 16.5. The molecule has 6 nitrogen and oxygen atoms in total. The number of carbonyl (C=O) groups excluding carboxylic acids is 1. The third-order valence-corrected chi connectivity index (χ3v) is 2.50. The Morgan fingerprint density at radius 2 is 2.10 bits per heavy atom. The molecule has 3 N–H and O–H groups in total. The first-order chi connectivity index (χ1) is 9.47. The van der Waals surface area contributed by atoms with Crippen molar-refractivity contribution in [3.05, 3.63) is 29.8 Å². The number of hydrogen-bond donors (Lipinski definition) is 3. The molecule has 6 heteroatoms. The Bertz CT molecular complexity index is 462. The van der Waals surface area contributed by atoms with E-state index in [2.05, 4.69) is 10.6 Å². The largest absolute Gasteiger partial charge is 0.489 e. The van der Waals surface area contributed by atoms with Gasteiger partial charge in [-0.1, -0.05) is 12.1 Å². The average Bonchev–Trinajstić information content (AvgIpc) is 2.36. The number of benzene rings is 1. The van der Waals surface area contributed by atoms with Crippen LogP contribution in [0.5, 0.6) is 5.75 Å². The molecule has 0 aliphatic rings. The van der Waals surface area contributed by atoms with Crippen molar-refractivity contribution in [2.75, 3.05) is 13.1 Å². The third-order valence-electron chi connectivity index (χ3n) is 2.50. The molecule has 1 aromatic rings. The molecule has 110 valence electrons. The van der Waals surface area contributed by atoms with Gasteiger partial charge in [0.05, 0.1) is 13.0 Å². The minimum absolute atomic E-state index is 0.0945. The van der Waals surface area contributed by atoms with Crippen LogP contribution in [0.3, 0.4) is 0 Å². The van der Waals surface area contributed by atoms with Gasteiger partial charge in [0.25, 0.3) is 0 Å². The summed E-state index contributed by atoms with van der Waals surface area (Å²) in [5, 5.41) is 13.5. The molecule has 1 aromatic carbocycles. The molecule has 0 spiro atoms. The third kappa shape index (κ3) is 6.63. The van der Waals surface area contributed by atoms with Gasteiger partial charge in [-0.2, -0.15) is 0 Å². The van der Waals surface area contributed by atoms with Gasteiger partial charge >= 0.3 is 12.0 Å². The maximum Gasteiger partial charge on any atom is 0.314 e. The maximum atomic E-state index is 11.4. The van der Waals surface area contributed by atoms with Crippen molar-refractivity contribution in [1.82, 2.24) is 10.6 Å². The zero-order valence-corrected chi connectivity index (χ0v) is 11.7. The molecule has 0 saturated heterocycles. The Hall–Kier alpha value is -2.24.